The van der Waals surface area contributed by atoms with Crippen LogP contribution in [0, 0.1) is 5.92 Å². The Morgan fingerprint density at radius 1 is 1.08 bits per heavy atom. The number of ether oxygens (including phenoxy) is 1. The number of hydrogen-bond acceptors (Lipinski definition) is 8. The Morgan fingerprint density at radius 3 is 2.46 bits per heavy atom. The number of aliphatic hydroxyl groups is 1. The molecule has 264 valence electrons. The minimum Gasteiger partial charge on any atom is -0.488 e. The second-order valence-electron chi connectivity index (χ2n) is 12.7. The summed E-state index contributed by atoms with van der Waals surface area (Å²) in [5.74, 6) is -0.104. The summed E-state index contributed by atoms with van der Waals surface area (Å²) in [6.45, 7) is 5.02. The number of aliphatic hydroxyl groups excluding tert-OH is 1. The van der Waals surface area contributed by atoms with Gasteiger partial charge in [-0.1, -0.05) is 42.8 Å². The molecule has 0 saturated carbocycles. The van der Waals surface area contributed by atoms with Crippen molar-refractivity contribution in [1.82, 2.24) is 9.80 Å². The minimum atomic E-state index is -3.92. The Morgan fingerprint density at radius 2 is 1.78 bits per heavy atom. The Kier molecular flexibility index (Phi) is 11.7. The summed E-state index contributed by atoms with van der Waals surface area (Å²) in [7, 11) is -1.95. The van der Waals surface area contributed by atoms with Crippen LogP contribution in [0.5, 0.6) is 5.75 Å². The molecule has 0 radical (unpaired) electrons. The van der Waals surface area contributed by atoms with E-state index in [1.165, 1.54) is 24.3 Å². The first-order chi connectivity index (χ1) is 23.8. The number of hydrogen-bond donors (Lipinski definition) is 4. The van der Waals surface area contributed by atoms with E-state index >= 15 is 0 Å². The van der Waals surface area contributed by atoms with Crippen LogP contribution in [0.25, 0.3) is 0 Å². The average Bonchev–Trinajstić information content (AvgIpc) is 3.12. The van der Waals surface area contributed by atoms with E-state index in [2.05, 4.69) is 14.9 Å². The minimum absolute atomic E-state index is 0.0394. The lowest BCUT2D eigenvalue weighted by molar-refractivity contribution is -0.134. The standard InChI is InChI=1S/C37H42ClN5O6S/c1-24-20-43(25(2)23-44)36(45)19-28-18-30(41-50(47,48)31-15-12-29(38)13-16-31)14-17-34(28)49-35(24)22-42(3)21-26-8-10-27(11-9-26)37(46)40-33-7-5-4-6-32(33)39/h4-18,24-25,35,41,44H,19-23,39H2,1-3H3,(H,40,46)/t24-,25-,35-/m1/s1. The number of nitrogens with zero attached hydrogens (tertiary/aromatic N) is 2. The number of nitrogen functional groups attached to an aromatic ring is 1. The second-order valence-corrected chi connectivity index (χ2v) is 14.8. The van der Waals surface area contributed by atoms with E-state index in [9.17, 15) is 23.1 Å². The lowest BCUT2D eigenvalue weighted by atomic mass is 10.0. The zero-order chi connectivity index (χ0) is 36.0. The molecule has 0 fully saturated rings. The van der Waals surface area contributed by atoms with Crippen LogP contribution >= 0.6 is 11.6 Å². The van der Waals surface area contributed by atoms with Crippen LogP contribution in [0.2, 0.25) is 5.02 Å². The van der Waals surface area contributed by atoms with Crippen molar-refractivity contribution in [3.63, 3.8) is 0 Å². The molecule has 1 aliphatic rings. The number of fused-ring (bicyclic) bond motifs is 1. The summed E-state index contributed by atoms with van der Waals surface area (Å²) in [6, 6.07) is 24.7. The monoisotopic (exact) mass is 719 g/mol. The maximum atomic E-state index is 13.6. The fraction of sp³-hybridized carbons (Fsp3) is 0.297. The molecular weight excluding hydrogens is 678 g/mol. The average molecular weight is 720 g/mol. The van der Waals surface area contributed by atoms with Gasteiger partial charge < -0.3 is 25.8 Å². The highest BCUT2D eigenvalue weighted by Crippen LogP contribution is 2.30. The van der Waals surface area contributed by atoms with Gasteiger partial charge >= 0.3 is 0 Å². The van der Waals surface area contributed by atoms with Gasteiger partial charge in [0.2, 0.25) is 5.91 Å². The van der Waals surface area contributed by atoms with Crippen LogP contribution in [-0.4, -0.2) is 74.0 Å². The number of halogens is 1. The maximum absolute atomic E-state index is 13.6. The van der Waals surface area contributed by atoms with Crippen molar-refractivity contribution in [2.75, 3.05) is 42.5 Å². The molecule has 1 heterocycles. The van der Waals surface area contributed by atoms with E-state index in [1.807, 2.05) is 26.1 Å². The fourth-order valence-corrected chi connectivity index (χ4v) is 6.96. The summed E-state index contributed by atoms with van der Waals surface area (Å²) >= 11 is 5.94. The number of amides is 2. The number of benzene rings is 4. The van der Waals surface area contributed by atoms with Crippen molar-refractivity contribution in [3.05, 3.63) is 113 Å². The zero-order valence-electron chi connectivity index (χ0n) is 28.2. The molecule has 0 unspecified atom stereocenters. The first-order valence-corrected chi connectivity index (χ1v) is 18.1. The van der Waals surface area contributed by atoms with E-state index in [1.54, 1.807) is 66.4 Å². The predicted octanol–water partition coefficient (Wildman–Crippen LogP) is 5.26. The molecule has 1 aliphatic heterocycles. The Balaban J connectivity index is 1.33. The van der Waals surface area contributed by atoms with Crippen molar-refractivity contribution >= 4 is 50.5 Å². The zero-order valence-corrected chi connectivity index (χ0v) is 29.7. The number of anilines is 3. The van der Waals surface area contributed by atoms with Gasteiger partial charge in [-0.25, -0.2) is 8.42 Å². The van der Waals surface area contributed by atoms with Crippen LogP contribution in [0.3, 0.4) is 0 Å². The van der Waals surface area contributed by atoms with E-state index in [4.69, 9.17) is 22.1 Å². The first kappa shape index (κ1) is 36.7. The lowest BCUT2D eigenvalue weighted by Crippen LogP contribution is -2.47. The number of carbonyl (C=O) groups is 2. The van der Waals surface area contributed by atoms with Crippen molar-refractivity contribution in [3.8, 4) is 5.75 Å². The molecule has 5 rings (SSSR count). The highest BCUT2D eigenvalue weighted by molar-refractivity contribution is 7.92. The number of carbonyl (C=O) groups excluding carboxylic acids is 2. The molecule has 13 heteroatoms. The normalized spacial score (nSPS) is 17.2. The van der Waals surface area contributed by atoms with Crippen LogP contribution in [0.1, 0.15) is 35.3 Å². The largest absolute Gasteiger partial charge is 0.488 e. The quantitative estimate of drug-likeness (QED) is 0.153. The highest BCUT2D eigenvalue weighted by atomic mass is 35.5. The van der Waals surface area contributed by atoms with Crippen molar-refractivity contribution in [1.29, 1.82) is 0 Å². The predicted molar refractivity (Wildman–Crippen MR) is 196 cm³/mol. The van der Waals surface area contributed by atoms with Crippen molar-refractivity contribution in [2.45, 2.75) is 43.9 Å². The molecule has 2 amide bonds. The number of nitrogens with one attached hydrogen (secondary N) is 2. The van der Waals surface area contributed by atoms with Gasteiger partial charge in [0.15, 0.2) is 0 Å². The Bertz CT molecular complexity index is 1920. The van der Waals surface area contributed by atoms with Crippen LogP contribution in [-0.2, 0) is 27.8 Å². The lowest BCUT2D eigenvalue weighted by Gasteiger charge is -2.34. The third kappa shape index (κ3) is 9.13. The molecule has 3 atom stereocenters. The molecule has 0 bridgehead atoms. The van der Waals surface area contributed by atoms with E-state index < -0.39 is 16.1 Å². The molecule has 0 spiro atoms. The number of nitrogens with two attached hydrogens (primary N) is 1. The number of sulfonamides is 1. The number of para-hydroxylation sites is 2. The summed E-state index contributed by atoms with van der Waals surface area (Å²) in [5, 5.41) is 13.2. The van der Waals surface area contributed by atoms with Crippen molar-refractivity contribution < 1.29 is 27.9 Å². The van der Waals surface area contributed by atoms with Crippen LogP contribution < -0.4 is 20.5 Å². The van der Waals surface area contributed by atoms with Gasteiger partial charge in [-0.05, 0) is 86.3 Å². The molecule has 0 aliphatic carbocycles. The molecular formula is C37H42ClN5O6S. The summed E-state index contributed by atoms with van der Waals surface area (Å²) < 4.78 is 35.4. The number of likely N-dealkylation sites (N-methyl/N-ethyl adjacent to an activating group) is 1. The van der Waals surface area contributed by atoms with Gasteiger partial charge in [-0.2, -0.15) is 0 Å². The van der Waals surface area contributed by atoms with Gasteiger partial charge in [0.25, 0.3) is 15.9 Å². The molecule has 4 aromatic carbocycles. The molecule has 50 heavy (non-hydrogen) atoms. The summed E-state index contributed by atoms with van der Waals surface area (Å²) in [6.07, 6.45) is -0.404. The Hall–Kier alpha value is -4.62. The third-order valence-corrected chi connectivity index (χ3v) is 10.3. The van der Waals surface area contributed by atoms with Gasteiger partial charge in [-0.3, -0.25) is 19.2 Å². The van der Waals surface area contributed by atoms with Gasteiger partial charge in [0.1, 0.15) is 11.9 Å². The summed E-state index contributed by atoms with van der Waals surface area (Å²) in [5.41, 5.74) is 9.30. The third-order valence-electron chi connectivity index (χ3n) is 8.66. The van der Waals surface area contributed by atoms with E-state index in [0.29, 0.717) is 52.9 Å². The smallest absolute Gasteiger partial charge is 0.261 e. The Labute approximate surface area is 298 Å². The second kappa shape index (κ2) is 15.9. The van der Waals surface area contributed by atoms with E-state index in [0.717, 1.165) is 5.56 Å². The fourth-order valence-electron chi connectivity index (χ4n) is 5.79. The molecule has 0 saturated heterocycles. The highest BCUT2D eigenvalue weighted by Gasteiger charge is 2.31. The van der Waals surface area contributed by atoms with Crippen molar-refractivity contribution in [2.24, 2.45) is 5.92 Å². The molecule has 0 aromatic heterocycles. The maximum Gasteiger partial charge on any atom is 0.261 e. The first-order valence-electron chi connectivity index (χ1n) is 16.2. The molecule has 5 N–H and O–H groups in total. The summed E-state index contributed by atoms with van der Waals surface area (Å²) in [4.78, 5) is 30.2. The molecule has 11 nitrogen and oxygen atoms in total. The van der Waals surface area contributed by atoms with Gasteiger partial charge in [0.05, 0.1) is 35.3 Å². The number of rotatable bonds is 11. The molecule has 4 aromatic rings. The van der Waals surface area contributed by atoms with E-state index in [-0.39, 0.29) is 47.4 Å². The topological polar surface area (TPSA) is 154 Å². The van der Waals surface area contributed by atoms with Gasteiger partial charge in [-0.15, -0.1) is 0 Å². The van der Waals surface area contributed by atoms with Crippen LogP contribution in [0.4, 0.5) is 17.1 Å². The van der Waals surface area contributed by atoms with Crippen LogP contribution in [0.15, 0.2) is 95.9 Å². The van der Waals surface area contributed by atoms with Gasteiger partial charge in [0, 0.05) is 47.4 Å². The SMILES string of the molecule is C[C@@H]1CN([C@H](C)CO)C(=O)Cc2cc(NS(=O)(=O)c3ccc(Cl)cc3)ccc2O[C@@H]1CN(C)Cc1ccc(C(=O)Nc2ccccc2N)cc1.